The minimum absolute atomic E-state index is 0. The summed E-state index contributed by atoms with van der Waals surface area (Å²) in [6, 6.07) is 0. The molecule has 0 aromatic carbocycles. The van der Waals surface area contributed by atoms with Crippen LogP contribution in [0.25, 0.3) is 0 Å². The first kappa shape index (κ1) is 15.7. The van der Waals surface area contributed by atoms with E-state index in [1.54, 1.807) is 0 Å². The van der Waals surface area contributed by atoms with Crippen LogP contribution in [-0.4, -0.2) is 0 Å². The van der Waals surface area contributed by atoms with Crippen LogP contribution in [-0.2, 0) is 0 Å². The van der Waals surface area contributed by atoms with Gasteiger partial charge in [-0.25, -0.2) is 0 Å². The van der Waals surface area contributed by atoms with E-state index in [9.17, 15) is 0 Å². The highest BCUT2D eigenvalue weighted by Gasteiger charge is 1.56. The Morgan fingerprint density at radius 2 is 0.875 bits per heavy atom. The van der Waals surface area contributed by atoms with Gasteiger partial charge in [0.15, 0.2) is 0 Å². The van der Waals surface area contributed by atoms with Crippen LogP contribution in [0.3, 0.4) is 0 Å². The molecule has 0 aromatic heterocycles. The summed E-state index contributed by atoms with van der Waals surface area (Å²) in [5, 5.41) is 0. The van der Waals surface area contributed by atoms with E-state index in [4.69, 9.17) is 0 Å². The molecule has 0 atom stereocenters. The van der Waals surface area contributed by atoms with Gasteiger partial charge >= 0.3 is 0 Å². The van der Waals surface area contributed by atoms with E-state index >= 15 is 0 Å². The van der Waals surface area contributed by atoms with Crippen molar-refractivity contribution in [2.75, 3.05) is 0 Å². The molecule has 0 fully saturated rings. The minimum Gasteiger partial charge on any atom is -0.0683 e. The summed E-state index contributed by atoms with van der Waals surface area (Å²) in [6.07, 6.45) is 2.64. The van der Waals surface area contributed by atoms with Gasteiger partial charge in [0.2, 0.25) is 0 Å². The molecular formula is C8H24. The molecule has 56 valence electrons. The average Bonchev–Trinajstić information content (AvgIpc) is 1.96. The zero-order chi connectivity index (χ0) is 7.41. The van der Waals surface area contributed by atoms with E-state index in [2.05, 4.69) is 13.8 Å². The maximum Gasteiger partial charge on any atom is 0 e. The van der Waals surface area contributed by atoms with E-state index in [1.165, 1.54) is 12.8 Å². The highest BCUT2D eigenvalue weighted by molar-refractivity contribution is 4.12. The van der Waals surface area contributed by atoms with Crippen molar-refractivity contribution in [1.82, 2.24) is 0 Å². The van der Waals surface area contributed by atoms with E-state index in [1.807, 2.05) is 27.7 Å². The number of rotatable bonds is 1. The van der Waals surface area contributed by atoms with Crippen molar-refractivity contribution in [2.24, 2.45) is 0 Å². The Balaban J connectivity index is -0.0000000221. The van der Waals surface area contributed by atoms with E-state index in [0.29, 0.717) is 0 Å². The van der Waals surface area contributed by atoms with Gasteiger partial charge in [-0.15, -0.1) is 0 Å². The standard InChI is InChI=1S/C4H10.2C2H6.H2/c1-3-4-2;2*1-2;/h3-4H2,1-2H3;2*1-2H3;1H/i;;;1+2. The summed E-state index contributed by atoms with van der Waals surface area (Å²) in [7, 11) is 0. The minimum atomic E-state index is 0. The highest BCUT2D eigenvalue weighted by Crippen LogP contribution is 1.76. The molecule has 0 spiro atoms. The Bertz CT molecular complexity index is 6.53. The molecular weight excluding hydrogens is 96.1 g/mol. The van der Waals surface area contributed by atoms with Gasteiger partial charge in [-0.3, -0.25) is 0 Å². The topological polar surface area (TPSA) is 0 Å². The summed E-state index contributed by atoms with van der Waals surface area (Å²) < 4.78 is 0. The van der Waals surface area contributed by atoms with Gasteiger partial charge in [0.05, 0.1) is 0 Å². The normalized spacial score (nSPS) is 5.25. The third-order valence-corrected chi connectivity index (χ3v) is 0.500. The predicted molar refractivity (Wildman–Crippen MR) is 45.4 cm³/mol. The fourth-order valence-electron chi connectivity index (χ4n) is 0. The second-order valence-electron chi connectivity index (χ2n) is 1.000. The molecule has 0 aliphatic rings. The molecule has 0 bridgehead atoms. The number of hydrogen-bond acceptors (Lipinski definition) is 0. The molecule has 0 aromatic rings. The van der Waals surface area contributed by atoms with Crippen LogP contribution in [0, 0.1) is 0 Å². The molecule has 0 radical (unpaired) electrons. The van der Waals surface area contributed by atoms with Gasteiger partial charge in [-0.1, -0.05) is 54.4 Å². The zero-order valence-electron chi connectivity index (χ0n) is 7.41. The molecule has 0 aliphatic heterocycles. The summed E-state index contributed by atoms with van der Waals surface area (Å²) in [5.74, 6) is 0. The quantitative estimate of drug-likeness (QED) is 0.491. The fraction of sp³-hybridized carbons (Fsp3) is 1.00. The van der Waals surface area contributed by atoms with Crippen LogP contribution in [0.2, 0.25) is 0 Å². The zero-order valence-corrected chi connectivity index (χ0v) is 7.41. The molecule has 0 aliphatic carbocycles. The molecule has 0 rings (SSSR count). The van der Waals surface area contributed by atoms with Crippen molar-refractivity contribution in [3.05, 3.63) is 0 Å². The molecule has 0 N–H and O–H groups in total. The average molecular weight is 122 g/mol. The first-order valence-electron chi connectivity index (χ1n) is 3.91. The van der Waals surface area contributed by atoms with Gasteiger partial charge in [-0.05, 0) is 0 Å². The lowest BCUT2D eigenvalue weighted by Crippen LogP contribution is -1.47. The van der Waals surface area contributed by atoms with E-state index < -0.39 is 0 Å². The van der Waals surface area contributed by atoms with Crippen molar-refractivity contribution in [2.45, 2.75) is 54.4 Å². The van der Waals surface area contributed by atoms with Gasteiger partial charge in [-0.2, -0.15) is 0 Å². The van der Waals surface area contributed by atoms with Crippen molar-refractivity contribution in [3.63, 3.8) is 0 Å². The van der Waals surface area contributed by atoms with Crippen LogP contribution in [0.1, 0.15) is 55.8 Å². The summed E-state index contributed by atoms with van der Waals surface area (Å²) in [6.45, 7) is 12.4. The molecule has 0 amide bonds. The first-order valence-corrected chi connectivity index (χ1v) is 3.91. The Morgan fingerprint density at radius 3 is 0.875 bits per heavy atom. The van der Waals surface area contributed by atoms with Crippen LogP contribution in [0.5, 0.6) is 0 Å². The molecule has 8 heavy (non-hydrogen) atoms. The lowest BCUT2D eigenvalue weighted by molar-refractivity contribution is 0.886. The monoisotopic (exact) mass is 122 g/mol. The molecule has 0 saturated carbocycles. The van der Waals surface area contributed by atoms with Crippen molar-refractivity contribution < 1.29 is 1.43 Å². The molecule has 0 heterocycles. The van der Waals surface area contributed by atoms with Crippen LogP contribution >= 0.6 is 0 Å². The van der Waals surface area contributed by atoms with Crippen LogP contribution in [0.15, 0.2) is 0 Å². The molecule has 0 heteroatoms. The highest BCUT2D eigenvalue weighted by atomic mass is 13.6. The van der Waals surface area contributed by atoms with Gasteiger partial charge in [0.25, 0.3) is 0 Å². The Labute approximate surface area is 56.8 Å². The number of hydrogen-bond donors (Lipinski definition) is 0. The first-order chi connectivity index (χ1) is 3.91. The Hall–Kier alpha value is 0. The van der Waals surface area contributed by atoms with Gasteiger partial charge < -0.3 is 0 Å². The van der Waals surface area contributed by atoms with Crippen LogP contribution in [0.4, 0.5) is 0 Å². The predicted octanol–water partition coefficient (Wildman–Crippen LogP) is 4.10. The second-order valence-corrected chi connectivity index (χ2v) is 1.000. The summed E-state index contributed by atoms with van der Waals surface area (Å²) >= 11 is 0. The van der Waals surface area contributed by atoms with Gasteiger partial charge in [0.1, 0.15) is 0 Å². The smallest absolute Gasteiger partial charge is 0 e. The summed E-state index contributed by atoms with van der Waals surface area (Å²) in [4.78, 5) is 0. The van der Waals surface area contributed by atoms with Gasteiger partial charge in [0, 0.05) is 1.43 Å². The van der Waals surface area contributed by atoms with Crippen molar-refractivity contribution in [3.8, 4) is 0 Å². The van der Waals surface area contributed by atoms with Crippen molar-refractivity contribution in [1.29, 1.82) is 0 Å². The summed E-state index contributed by atoms with van der Waals surface area (Å²) in [5.41, 5.74) is 0. The maximum atomic E-state index is 2.18. The van der Waals surface area contributed by atoms with E-state index in [-0.39, 0.29) is 1.43 Å². The second kappa shape index (κ2) is 63.0. The molecule has 0 saturated heterocycles. The van der Waals surface area contributed by atoms with Crippen LogP contribution < -0.4 is 0 Å². The Kier molecular flexibility index (Phi) is 123. The SMILES string of the molecule is CC.CC.CCCC.[3HH]. The third kappa shape index (κ3) is 150. The lowest BCUT2D eigenvalue weighted by atomic mass is 10.4. The number of unbranched alkanes of at least 4 members (excludes halogenated alkanes) is 1. The largest absolute Gasteiger partial charge is 0.0683 e. The fourth-order valence-corrected chi connectivity index (χ4v) is 0. The molecule has 0 unspecified atom stereocenters. The molecule has 0 nitrogen and oxygen atoms in total. The maximum absolute atomic E-state index is 2.18. The third-order valence-electron chi connectivity index (χ3n) is 0.500. The van der Waals surface area contributed by atoms with E-state index in [0.717, 1.165) is 0 Å². The van der Waals surface area contributed by atoms with Crippen molar-refractivity contribution >= 4 is 0 Å². The lowest BCUT2D eigenvalue weighted by Gasteiger charge is -1.68. The Morgan fingerprint density at radius 1 is 0.750 bits per heavy atom.